The van der Waals surface area contributed by atoms with Crippen LogP contribution in [0.5, 0.6) is 0 Å². The fourth-order valence-corrected chi connectivity index (χ4v) is 3.94. The van der Waals surface area contributed by atoms with Crippen LogP contribution in [0.15, 0.2) is 0 Å². The third-order valence-corrected chi connectivity index (χ3v) is 6.07. The first-order valence-electron chi connectivity index (χ1n) is 10.6. The molecule has 0 radical (unpaired) electrons. The van der Waals surface area contributed by atoms with Crippen molar-refractivity contribution >= 4 is 0 Å². The molecule has 3 aliphatic heterocycles. The zero-order chi connectivity index (χ0) is 25.3. The summed E-state index contributed by atoms with van der Waals surface area (Å²) in [6, 6.07) is 0. The van der Waals surface area contributed by atoms with Crippen LogP contribution in [0.3, 0.4) is 0 Å². The van der Waals surface area contributed by atoms with Gasteiger partial charge in [-0.15, -0.1) is 0 Å². The van der Waals surface area contributed by atoms with Gasteiger partial charge in [-0.25, -0.2) is 0 Å². The Bertz CT molecular complexity index is 639. The molecule has 0 aromatic heterocycles. The number of rotatable bonds is 7. The Morgan fingerprint density at radius 3 is 1.65 bits per heavy atom. The fraction of sp³-hybridized carbons (Fsp3) is 1.00. The standard InChI is InChI=1S/C18H32O16/c19-1-4-7(21)11(25)13(27)18(33-4)34-15-9(23)5(2-20)32-17(14(15)28)30-3-6-8(22)10(24)12(26)16(29)31-6/h4-29H,1-3H2/t4-,5-,6-,7-,8-,9-,10+,11+,12+,13+,14+,15+,16+,17+,18-/m1/s1. The van der Waals surface area contributed by atoms with Crippen molar-refractivity contribution in [2.24, 2.45) is 0 Å². The van der Waals surface area contributed by atoms with Crippen LogP contribution in [0.2, 0.25) is 0 Å². The quantitative estimate of drug-likeness (QED) is 0.154. The lowest BCUT2D eigenvalue weighted by Gasteiger charge is -2.46. The number of aliphatic hydroxyl groups is 11. The molecule has 0 aromatic rings. The highest BCUT2D eigenvalue weighted by Crippen LogP contribution is 2.30. The van der Waals surface area contributed by atoms with Crippen molar-refractivity contribution in [3.8, 4) is 0 Å². The van der Waals surface area contributed by atoms with Gasteiger partial charge in [0.2, 0.25) is 0 Å². The molecule has 16 heteroatoms. The number of hydrogen-bond acceptors (Lipinski definition) is 16. The molecule has 200 valence electrons. The number of aliphatic hydroxyl groups excluding tert-OH is 11. The molecule has 0 unspecified atom stereocenters. The maximum Gasteiger partial charge on any atom is 0.187 e. The topological polar surface area (TPSA) is 269 Å². The smallest absolute Gasteiger partial charge is 0.187 e. The monoisotopic (exact) mass is 504 g/mol. The molecule has 0 bridgehead atoms. The highest BCUT2D eigenvalue weighted by atomic mass is 16.7. The molecule has 3 rings (SSSR count). The SMILES string of the molecule is OC[C@H]1O[C@H](O[C@@H]2[C@H](O)[C@@H](OC[C@H]3O[C@H](O)[C@@H](O)[C@@H](O)[C@@H]3O)O[C@H](CO)[C@H]2O)[C@@H](O)[C@@H](O)[C@@H]1O. The van der Waals surface area contributed by atoms with Gasteiger partial charge < -0.3 is 79.9 Å². The van der Waals surface area contributed by atoms with E-state index in [9.17, 15) is 56.2 Å². The van der Waals surface area contributed by atoms with Gasteiger partial charge in [-0.1, -0.05) is 0 Å². The minimum Gasteiger partial charge on any atom is -0.394 e. The molecular weight excluding hydrogens is 472 g/mol. The highest BCUT2D eigenvalue weighted by molar-refractivity contribution is 4.94. The molecule has 0 aromatic carbocycles. The molecule has 0 saturated carbocycles. The van der Waals surface area contributed by atoms with Gasteiger partial charge in [-0.2, -0.15) is 0 Å². The average molecular weight is 504 g/mol. The summed E-state index contributed by atoms with van der Waals surface area (Å²) in [6.07, 6.45) is -24.9. The Morgan fingerprint density at radius 1 is 0.500 bits per heavy atom. The highest BCUT2D eigenvalue weighted by Gasteiger charge is 2.51. The molecule has 0 aliphatic carbocycles. The second kappa shape index (κ2) is 11.6. The number of ether oxygens (including phenoxy) is 5. The van der Waals surface area contributed by atoms with Crippen molar-refractivity contribution in [2.45, 2.75) is 92.1 Å². The summed E-state index contributed by atoms with van der Waals surface area (Å²) in [4.78, 5) is 0. The first-order chi connectivity index (χ1) is 16.0. The molecule has 3 saturated heterocycles. The summed E-state index contributed by atoms with van der Waals surface area (Å²) in [5, 5.41) is 109. The molecular formula is C18H32O16. The van der Waals surface area contributed by atoms with Crippen molar-refractivity contribution in [3.63, 3.8) is 0 Å². The molecule has 0 amide bonds. The molecule has 15 atom stereocenters. The second-order valence-corrected chi connectivity index (χ2v) is 8.37. The first kappa shape index (κ1) is 27.9. The van der Waals surface area contributed by atoms with Gasteiger partial charge in [0.15, 0.2) is 18.9 Å². The second-order valence-electron chi connectivity index (χ2n) is 8.37. The lowest BCUT2D eigenvalue weighted by atomic mass is 9.97. The third-order valence-electron chi connectivity index (χ3n) is 6.07. The van der Waals surface area contributed by atoms with E-state index in [1.165, 1.54) is 0 Å². The first-order valence-corrected chi connectivity index (χ1v) is 10.6. The Morgan fingerprint density at radius 2 is 1.03 bits per heavy atom. The Labute approximate surface area is 192 Å². The van der Waals surface area contributed by atoms with Gasteiger partial charge in [0, 0.05) is 0 Å². The van der Waals surface area contributed by atoms with E-state index in [2.05, 4.69) is 0 Å². The predicted molar refractivity (Wildman–Crippen MR) is 101 cm³/mol. The zero-order valence-electron chi connectivity index (χ0n) is 17.7. The van der Waals surface area contributed by atoms with Crippen LogP contribution in [-0.4, -0.2) is 168 Å². The summed E-state index contributed by atoms with van der Waals surface area (Å²) >= 11 is 0. The van der Waals surface area contributed by atoms with Gasteiger partial charge in [0.05, 0.1) is 19.8 Å². The van der Waals surface area contributed by atoms with Crippen LogP contribution in [-0.2, 0) is 23.7 Å². The molecule has 0 spiro atoms. The van der Waals surface area contributed by atoms with Gasteiger partial charge in [0.1, 0.15) is 73.2 Å². The van der Waals surface area contributed by atoms with Crippen LogP contribution >= 0.6 is 0 Å². The van der Waals surface area contributed by atoms with Gasteiger partial charge in [0.25, 0.3) is 0 Å². The maximum atomic E-state index is 10.7. The average Bonchev–Trinajstić information content (AvgIpc) is 2.82. The van der Waals surface area contributed by atoms with E-state index in [0.717, 1.165) is 0 Å². The summed E-state index contributed by atoms with van der Waals surface area (Å²) in [6.45, 7) is -2.11. The van der Waals surface area contributed by atoms with E-state index in [0.29, 0.717) is 0 Å². The normalized spacial score (nSPS) is 52.5. The minimum absolute atomic E-state index is 0.593. The van der Waals surface area contributed by atoms with E-state index >= 15 is 0 Å². The number of hydrogen-bond donors (Lipinski definition) is 11. The Kier molecular flexibility index (Phi) is 9.54. The fourth-order valence-electron chi connectivity index (χ4n) is 3.94. The lowest BCUT2D eigenvalue weighted by Crippen LogP contribution is -2.65. The molecule has 16 nitrogen and oxygen atoms in total. The van der Waals surface area contributed by atoms with Gasteiger partial charge in [-0.3, -0.25) is 0 Å². The Hall–Kier alpha value is -0.640. The molecule has 3 aliphatic rings. The van der Waals surface area contributed by atoms with E-state index in [-0.39, 0.29) is 0 Å². The van der Waals surface area contributed by atoms with E-state index < -0.39 is 112 Å². The lowest BCUT2D eigenvalue weighted by molar-refractivity contribution is -0.364. The molecule has 34 heavy (non-hydrogen) atoms. The molecule has 3 heterocycles. The maximum absolute atomic E-state index is 10.7. The van der Waals surface area contributed by atoms with Gasteiger partial charge >= 0.3 is 0 Å². The van der Waals surface area contributed by atoms with Crippen molar-refractivity contribution < 1.29 is 79.9 Å². The zero-order valence-corrected chi connectivity index (χ0v) is 17.7. The van der Waals surface area contributed by atoms with E-state index in [4.69, 9.17) is 23.7 Å². The van der Waals surface area contributed by atoms with Crippen LogP contribution < -0.4 is 0 Å². The summed E-state index contributed by atoms with van der Waals surface area (Å²) < 4.78 is 26.2. The third kappa shape index (κ3) is 5.52. The predicted octanol–water partition coefficient (Wildman–Crippen LogP) is -7.57. The minimum atomic E-state index is -1.84. The summed E-state index contributed by atoms with van der Waals surface area (Å²) in [7, 11) is 0. The Balaban J connectivity index is 1.68. The van der Waals surface area contributed by atoms with Crippen molar-refractivity contribution in [2.75, 3.05) is 19.8 Å². The molecule has 11 N–H and O–H groups in total. The largest absolute Gasteiger partial charge is 0.394 e. The van der Waals surface area contributed by atoms with Crippen LogP contribution in [0.4, 0.5) is 0 Å². The molecule has 3 fully saturated rings. The van der Waals surface area contributed by atoms with E-state index in [1.807, 2.05) is 0 Å². The van der Waals surface area contributed by atoms with Gasteiger partial charge in [-0.05, 0) is 0 Å². The van der Waals surface area contributed by atoms with Crippen molar-refractivity contribution in [1.82, 2.24) is 0 Å². The van der Waals surface area contributed by atoms with E-state index in [1.54, 1.807) is 0 Å². The summed E-state index contributed by atoms with van der Waals surface area (Å²) in [5.41, 5.74) is 0. The van der Waals surface area contributed by atoms with Crippen LogP contribution in [0.25, 0.3) is 0 Å². The van der Waals surface area contributed by atoms with Crippen molar-refractivity contribution in [3.05, 3.63) is 0 Å². The summed E-state index contributed by atoms with van der Waals surface area (Å²) in [5.74, 6) is 0. The van der Waals surface area contributed by atoms with Crippen LogP contribution in [0, 0.1) is 0 Å². The van der Waals surface area contributed by atoms with Crippen molar-refractivity contribution in [1.29, 1.82) is 0 Å². The van der Waals surface area contributed by atoms with Crippen LogP contribution in [0.1, 0.15) is 0 Å².